The second kappa shape index (κ2) is 6.08. The maximum absolute atomic E-state index is 14.1. The Morgan fingerprint density at radius 2 is 2.12 bits per heavy atom. The molecule has 1 aliphatic heterocycles. The molecule has 3 heterocycles. The molecule has 0 bridgehead atoms. The van der Waals surface area contributed by atoms with E-state index in [4.69, 9.17) is 10.5 Å². The number of fused-ring (bicyclic) bond motifs is 3. The highest BCUT2D eigenvalue weighted by atomic mass is 79.9. The van der Waals surface area contributed by atoms with Crippen LogP contribution in [0.5, 0.6) is 5.75 Å². The first-order chi connectivity index (χ1) is 12.4. The molecular formula is C19H13BrFN3OS. The third-order valence-electron chi connectivity index (χ3n) is 4.39. The van der Waals surface area contributed by atoms with Gasteiger partial charge in [-0.3, -0.25) is 0 Å². The van der Waals surface area contributed by atoms with E-state index in [1.165, 1.54) is 17.4 Å². The van der Waals surface area contributed by atoms with Crippen molar-refractivity contribution in [2.24, 2.45) is 5.73 Å². The van der Waals surface area contributed by atoms with E-state index in [1.807, 2.05) is 19.9 Å². The number of thiophene rings is 1. The molecule has 1 aliphatic rings. The summed E-state index contributed by atoms with van der Waals surface area (Å²) in [6, 6.07) is 8.95. The number of benzene rings is 1. The fourth-order valence-corrected chi connectivity index (χ4v) is 4.89. The highest BCUT2D eigenvalue weighted by molar-refractivity contribution is 9.10. The first kappa shape index (κ1) is 17.0. The van der Waals surface area contributed by atoms with E-state index in [0.717, 1.165) is 26.4 Å². The summed E-state index contributed by atoms with van der Waals surface area (Å²) < 4.78 is 20.3. The van der Waals surface area contributed by atoms with Gasteiger partial charge in [-0.1, -0.05) is 6.07 Å². The number of halogens is 2. The van der Waals surface area contributed by atoms with Crippen LogP contribution in [-0.2, 0) is 0 Å². The topological polar surface area (TPSA) is 71.9 Å². The predicted octanol–water partition coefficient (Wildman–Crippen LogP) is 5.03. The molecule has 1 atom stereocenters. The van der Waals surface area contributed by atoms with E-state index in [2.05, 4.69) is 27.0 Å². The standard InChI is InChI=1S/C19H13BrFN3OS/c1-8-5-9(2)24-19-14(8)16-17(26-19)15(11(7-22)18(23)25-16)10-3-4-12(20)13(21)6-10/h3-6,15H,23H2,1-2H3. The highest BCUT2D eigenvalue weighted by Gasteiger charge is 2.35. The first-order valence-corrected chi connectivity index (χ1v) is 9.44. The lowest BCUT2D eigenvalue weighted by molar-refractivity contribution is 0.401. The molecule has 1 unspecified atom stereocenters. The number of ether oxygens (including phenoxy) is 1. The van der Waals surface area contributed by atoms with Crippen LogP contribution in [0, 0.1) is 31.0 Å². The molecule has 7 heteroatoms. The average molecular weight is 430 g/mol. The quantitative estimate of drug-likeness (QED) is 0.588. The van der Waals surface area contributed by atoms with Crippen LogP contribution >= 0.6 is 27.3 Å². The van der Waals surface area contributed by atoms with E-state index >= 15 is 0 Å². The minimum Gasteiger partial charge on any atom is -0.439 e. The van der Waals surface area contributed by atoms with Crippen molar-refractivity contribution in [3.8, 4) is 11.8 Å². The molecule has 2 aromatic heterocycles. The van der Waals surface area contributed by atoms with Gasteiger partial charge in [0.25, 0.3) is 0 Å². The van der Waals surface area contributed by atoms with E-state index in [9.17, 15) is 9.65 Å². The van der Waals surface area contributed by atoms with Gasteiger partial charge in [-0.2, -0.15) is 5.26 Å². The molecule has 2 N–H and O–H groups in total. The molecule has 4 nitrogen and oxygen atoms in total. The van der Waals surface area contributed by atoms with Crippen molar-refractivity contribution in [3.63, 3.8) is 0 Å². The fourth-order valence-electron chi connectivity index (χ4n) is 3.29. The van der Waals surface area contributed by atoms with Crippen molar-refractivity contribution < 1.29 is 9.13 Å². The summed E-state index contributed by atoms with van der Waals surface area (Å²) in [5.41, 5.74) is 8.90. The lowest BCUT2D eigenvalue weighted by Crippen LogP contribution is -2.20. The summed E-state index contributed by atoms with van der Waals surface area (Å²) in [5, 5.41) is 10.5. The van der Waals surface area contributed by atoms with Gasteiger partial charge in [0.05, 0.1) is 20.7 Å². The maximum atomic E-state index is 14.1. The minimum atomic E-state index is -0.481. The molecular weight excluding hydrogens is 417 g/mol. The SMILES string of the molecule is Cc1cc(C)c2c3c(sc2n1)C(c1ccc(Br)c(F)c1)C(C#N)=C(N)O3. The van der Waals surface area contributed by atoms with E-state index < -0.39 is 11.7 Å². The van der Waals surface area contributed by atoms with Gasteiger partial charge >= 0.3 is 0 Å². The zero-order valence-electron chi connectivity index (χ0n) is 13.9. The van der Waals surface area contributed by atoms with E-state index in [0.29, 0.717) is 15.8 Å². The molecule has 0 fully saturated rings. The molecule has 0 radical (unpaired) electrons. The van der Waals surface area contributed by atoms with Gasteiger partial charge < -0.3 is 10.5 Å². The molecule has 4 rings (SSSR count). The molecule has 0 saturated carbocycles. The molecule has 3 aromatic rings. The third kappa shape index (κ3) is 2.49. The Balaban J connectivity index is 2.03. The summed E-state index contributed by atoms with van der Waals surface area (Å²) in [6.07, 6.45) is 0. The molecule has 0 aliphatic carbocycles. The fraction of sp³-hybridized carbons (Fsp3) is 0.158. The molecule has 1 aromatic carbocycles. The Morgan fingerprint density at radius 3 is 2.81 bits per heavy atom. The summed E-state index contributed by atoms with van der Waals surface area (Å²) in [5.74, 6) is -0.212. The van der Waals surface area contributed by atoms with E-state index in [-0.39, 0.29) is 11.5 Å². The molecule has 130 valence electrons. The lowest BCUT2D eigenvalue weighted by atomic mass is 9.88. The maximum Gasteiger partial charge on any atom is 0.205 e. The van der Waals surface area contributed by atoms with Gasteiger partial charge in [-0.25, -0.2) is 9.37 Å². The van der Waals surface area contributed by atoms with Gasteiger partial charge in [0.1, 0.15) is 22.3 Å². The Labute approximate surface area is 161 Å². The smallest absolute Gasteiger partial charge is 0.205 e. The number of hydrogen-bond acceptors (Lipinski definition) is 5. The van der Waals surface area contributed by atoms with Gasteiger partial charge in [0, 0.05) is 5.69 Å². The Bertz CT molecular complexity index is 1150. The van der Waals surface area contributed by atoms with Crippen LogP contribution in [-0.4, -0.2) is 4.98 Å². The van der Waals surface area contributed by atoms with E-state index in [1.54, 1.807) is 12.1 Å². The molecule has 0 amide bonds. The van der Waals surface area contributed by atoms with Gasteiger partial charge in [-0.15, -0.1) is 11.3 Å². The Kier molecular flexibility index (Phi) is 3.98. The summed E-state index contributed by atoms with van der Waals surface area (Å²) in [4.78, 5) is 6.23. The monoisotopic (exact) mass is 429 g/mol. The number of rotatable bonds is 1. The summed E-state index contributed by atoms with van der Waals surface area (Å²) >= 11 is 4.62. The van der Waals surface area contributed by atoms with Crippen LogP contribution in [0.15, 0.2) is 40.2 Å². The number of nitriles is 1. The van der Waals surface area contributed by atoms with Crippen LogP contribution in [0.25, 0.3) is 10.2 Å². The number of nitrogens with zero attached hydrogens (tertiary/aromatic N) is 2. The van der Waals surface area contributed by atoms with Crippen molar-refractivity contribution in [3.05, 3.63) is 67.7 Å². The van der Waals surface area contributed by atoms with Crippen LogP contribution < -0.4 is 10.5 Å². The van der Waals surface area contributed by atoms with Crippen molar-refractivity contribution in [1.82, 2.24) is 4.98 Å². The summed E-state index contributed by atoms with van der Waals surface area (Å²) in [7, 11) is 0. The molecule has 0 saturated heterocycles. The van der Waals surface area contributed by atoms with Crippen LogP contribution in [0.1, 0.15) is 27.6 Å². The number of pyridine rings is 1. The minimum absolute atomic E-state index is 0.0491. The number of hydrogen-bond donors (Lipinski definition) is 1. The van der Waals surface area contributed by atoms with Gasteiger partial charge in [0.2, 0.25) is 5.88 Å². The van der Waals surface area contributed by atoms with Crippen molar-refractivity contribution >= 4 is 37.5 Å². The first-order valence-electron chi connectivity index (χ1n) is 7.84. The number of aryl methyl sites for hydroxylation is 2. The zero-order chi connectivity index (χ0) is 18.6. The number of allylic oxidation sites excluding steroid dienone is 1. The lowest BCUT2D eigenvalue weighted by Gasteiger charge is -2.24. The predicted molar refractivity (Wildman–Crippen MR) is 102 cm³/mol. The Hall–Kier alpha value is -2.43. The van der Waals surface area contributed by atoms with Crippen LogP contribution in [0.2, 0.25) is 0 Å². The summed E-state index contributed by atoms with van der Waals surface area (Å²) in [6.45, 7) is 3.92. The zero-order valence-corrected chi connectivity index (χ0v) is 16.3. The van der Waals surface area contributed by atoms with Gasteiger partial charge in [-0.05, 0) is 59.1 Å². The number of nitrogens with two attached hydrogens (primary N) is 1. The van der Waals surface area contributed by atoms with Crippen molar-refractivity contribution in [1.29, 1.82) is 5.26 Å². The normalized spacial score (nSPS) is 16.3. The molecule has 0 spiro atoms. The Morgan fingerprint density at radius 1 is 1.35 bits per heavy atom. The second-order valence-corrected chi connectivity index (χ2v) is 8.04. The second-order valence-electron chi connectivity index (χ2n) is 6.15. The van der Waals surface area contributed by atoms with Crippen LogP contribution in [0.4, 0.5) is 4.39 Å². The largest absolute Gasteiger partial charge is 0.439 e. The van der Waals surface area contributed by atoms with Crippen LogP contribution in [0.3, 0.4) is 0 Å². The van der Waals surface area contributed by atoms with Crippen molar-refractivity contribution in [2.45, 2.75) is 19.8 Å². The average Bonchev–Trinajstić information content (AvgIpc) is 2.94. The van der Waals surface area contributed by atoms with Crippen molar-refractivity contribution in [2.75, 3.05) is 0 Å². The number of aromatic nitrogens is 1. The third-order valence-corrected chi connectivity index (χ3v) is 6.17. The molecule has 26 heavy (non-hydrogen) atoms. The highest BCUT2D eigenvalue weighted by Crippen LogP contribution is 2.50. The van der Waals surface area contributed by atoms with Gasteiger partial charge in [0.15, 0.2) is 5.75 Å².